The van der Waals surface area contributed by atoms with Crippen LogP contribution in [-0.2, 0) is 11.2 Å². The summed E-state index contributed by atoms with van der Waals surface area (Å²) in [5.41, 5.74) is 3.26. The summed E-state index contributed by atoms with van der Waals surface area (Å²) < 4.78 is 13.2. The monoisotopic (exact) mass is 321 g/mol. The van der Waals surface area contributed by atoms with Crippen molar-refractivity contribution in [2.75, 3.05) is 6.54 Å². The first-order valence-electron chi connectivity index (χ1n) is 8.14. The highest BCUT2D eigenvalue weighted by Crippen LogP contribution is 2.20. The lowest BCUT2D eigenvalue weighted by molar-refractivity contribution is -0.120. The van der Waals surface area contributed by atoms with Crippen LogP contribution in [0.5, 0.6) is 0 Å². The molecule has 24 heavy (non-hydrogen) atoms. The minimum atomic E-state index is -0.131. The quantitative estimate of drug-likeness (QED) is 0.866. The molecule has 1 aliphatic rings. The lowest BCUT2D eigenvalue weighted by atomic mass is 10.00. The molecule has 1 N–H and O–H groups in total. The van der Waals surface area contributed by atoms with Crippen LogP contribution in [0.25, 0.3) is 11.1 Å². The highest BCUT2D eigenvalue weighted by Gasteiger charge is 2.12. The van der Waals surface area contributed by atoms with Gasteiger partial charge in [0.05, 0.1) is 6.42 Å². The number of carbonyl (C=O) groups excluding carboxylic acids is 1. The lowest BCUT2D eigenvalue weighted by Crippen LogP contribution is -2.30. The maximum atomic E-state index is 13.2. The second-order valence-electron chi connectivity index (χ2n) is 6.01. The standard InChI is InChI=1S/C21H20FNO/c22-20-8-4-5-17(13-20)15-23-21(24)14-16-9-11-19(12-10-16)18-6-2-1-3-7-18/h1-12,17H,13-15H2,(H,23,24). The van der Waals surface area contributed by atoms with E-state index in [1.54, 1.807) is 6.08 Å². The second-order valence-corrected chi connectivity index (χ2v) is 6.01. The number of benzene rings is 2. The minimum absolute atomic E-state index is 0.0363. The maximum Gasteiger partial charge on any atom is 0.224 e. The van der Waals surface area contributed by atoms with Gasteiger partial charge in [-0.3, -0.25) is 4.79 Å². The zero-order chi connectivity index (χ0) is 16.8. The highest BCUT2D eigenvalue weighted by molar-refractivity contribution is 5.78. The Balaban J connectivity index is 1.51. The van der Waals surface area contributed by atoms with Crippen LogP contribution in [0.3, 0.4) is 0 Å². The van der Waals surface area contributed by atoms with Gasteiger partial charge >= 0.3 is 0 Å². The van der Waals surface area contributed by atoms with E-state index in [2.05, 4.69) is 17.4 Å². The number of amides is 1. The molecule has 2 aromatic carbocycles. The summed E-state index contributed by atoms with van der Waals surface area (Å²) in [7, 11) is 0. The molecule has 1 amide bonds. The van der Waals surface area contributed by atoms with Gasteiger partial charge in [-0.2, -0.15) is 0 Å². The molecule has 0 saturated heterocycles. The van der Waals surface area contributed by atoms with E-state index in [9.17, 15) is 9.18 Å². The van der Waals surface area contributed by atoms with Gasteiger partial charge in [0.1, 0.15) is 5.83 Å². The van der Waals surface area contributed by atoms with Crippen LogP contribution in [-0.4, -0.2) is 12.5 Å². The van der Waals surface area contributed by atoms with Gasteiger partial charge in [0, 0.05) is 18.9 Å². The summed E-state index contributed by atoms with van der Waals surface area (Å²) in [6, 6.07) is 18.1. The van der Waals surface area contributed by atoms with Crippen LogP contribution in [0.2, 0.25) is 0 Å². The summed E-state index contributed by atoms with van der Waals surface area (Å²) in [5, 5.41) is 2.88. The van der Waals surface area contributed by atoms with Crippen molar-refractivity contribution in [3.63, 3.8) is 0 Å². The Kier molecular flexibility index (Phi) is 5.22. The molecule has 3 rings (SSSR count). The Morgan fingerprint density at radius 3 is 2.46 bits per heavy atom. The zero-order valence-electron chi connectivity index (χ0n) is 13.4. The van der Waals surface area contributed by atoms with Gasteiger partial charge in [0.2, 0.25) is 5.91 Å². The van der Waals surface area contributed by atoms with Crippen molar-refractivity contribution in [2.24, 2.45) is 5.92 Å². The number of nitrogens with one attached hydrogen (secondary N) is 1. The zero-order valence-corrected chi connectivity index (χ0v) is 13.4. The van der Waals surface area contributed by atoms with E-state index in [1.807, 2.05) is 48.5 Å². The third kappa shape index (κ3) is 4.42. The Morgan fingerprint density at radius 2 is 1.75 bits per heavy atom. The van der Waals surface area contributed by atoms with E-state index in [0.29, 0.717) is 19.4 Å². The summed E-state index contributed by atoms with van der Waals surface area (Å²) in [6.07, 6.45) is 5.80. The Morgan fingerprint density at radius 1 is 1.04 bits per heavy atom. The minimum Gasteiger partial charge on any atom is -0.355 e. The van der Waals surface area contributed by atoms with E-state index >= 15 is 0 Å². The Hall–Kier alpha value is -2.68. The first kappa shape index (κ1) is 16.2. The Bertz CT molecular complexity index is 747. The molecule has 0 saturated carbocycles. The van der Waals surface area contributed by atoms with E-state index in [-0.39, 0.29) is 17.7 Å². The molecule has 0 aromatic heterocycles. The van der Waals surface area contributed by atoms with E-state index in [1.165, 1.54) is 6.08 Å². The van der Waals surface area contributed by atoms with Crippen molar-refractivity contribution in [3.05, 3.63) is 84.2 Å². The molecule has 3 heteroatoms. The van der Waals surface area contributed by atoms with Gasteiger partial charge in [-0.1, -0.05) is 66.7 Å². The van der Waals surface area contributed by atoms with Gasteiger partial charge in [0.25, 0.3) is 0 Å². The number of halogens is 1. The largest absolute Gasteiger partial charge is 0.355 e. The van der Waals surface area contributed by atoms with E-state index in [4.69, 9.17) is 0 Å². The maximum absolute atomic E-state index is 13.2. The number of hydrogen-bond acceptors (Lipinski definition) is 1. The number of rotatable bonds is 5. The van der Waals surface area contributed by atoms with Crippen LogP contribution < -0.4 is 5.32 Å². The molecule has 2 aromatic rings. The molecular formula is C21H20FNO. The van der Waals surface area contributed by atoms with Crippen molar-refractivity contribution in [1.29, 1.82) is 0 Å². The third-order valence-corrected chi connectivity index (χ3v) is 4.10. The van der Waals surface area contributed by atoms with Crippen molar-refractivity contribution < 1.29 is 9.18 Å². The smallest absolute Gasteiger partial charge is 0.224 e. The summed E-state index contributed by atoms with van der Waals surface area (Å²) in [6.45, 7) is 0.471. The highest BCUT2D eigenvalue weighted by atomic mass is 19.1. The van der Waals surface area contributed by atoms with Crippen LogP contribution in [0.15, 0.2) is 78.7 Å². The first-order valence-corrected chi connectivity index (χ1v) is 8.14. The molecule has 1 aliphatic carbocycles. The predicted octanol–water partition coefficient (Wildman–Crippen LogP) is 4.44. The summed E-state index contributed by atoms with van der Waals surface area (Å²) in [5.74, 6) is -0.126. The SMILES string of the molecule is O=C(Cc1ccc(-c2ccccc2)cc1)NCC1C=CC=C(F)C1. The van der Waals surface area contributed by atoms with Crippen LogP contribution in [0, 0.1) is 5.92 Å². The fourth-order valence-corrected chi connectivity index (χ4v) is 2.78. The predicted molar refractivity (Wildman–Crippen MR) is 95.0 cm³/mol. The second kappa shape index (κ2) is 7.73. The molecule has 0 heterocycles. The average molecular weight is 321 g/mol. The fraction of sp³-hybridized carbons (Fsp3) is 0.190. The van der Waals surface area contributed by atoms with Gasteiger partial charge in [-0.15, -0.1) is 0 Å². The lowest BCUT2D eigenvalue weighted by Gasteiger charge is -2.15. The molecule has 0 radical (unpaired) electrons. The molecule has 122 valence electrons. The summed E-state index contributed by atoms with van der Waals surface area (Å²) in [4.78, 5) is 12.0. The van der Waals surface area contributed by atoms with Crippen molar-refractivity contribution in [1.82, 2.24) is 5.32 Å². The van der Waals surface area contributed by atoms with Crippen LogP contribution in [0.4, 0.5) is 4.39 Å². The van der Waals surface area contributed by atoms with Crippen LogP contribution in [0.1, 0.15) is 12.0 Å². The molecule has 1 unspecified atom stereocenters. The molecule has 0 spiro atoms. The molecule has 2 nitrogen and oxygen atoms in total. The molecule has 0 aliphatic heterocycles. The third-order valence-electron chi connectivity index (χ3n) is 4.10. The number of allylic oxidation sites excluding steroid dienone is 3. The topological polar surface area (TPSA) is 29.1 Å². The van der Waals surface area contributed by atoms with Crippen molar-refractivity contribution in [3.8, 4) is 11.1 Å². The van der Waals surface area contributed by atoms with Gasteiger partial charge in [-0.25, -0.2) is 4.39 Å². The summed E-state index contributed by atoms with van der Waals surface area (Å²) >= 11 is 0. The molecule has 0 bridgehead atoms. The first-order chi connectivity index (χ1) is 11.7. The normalized spacial score (nSPS) is 16.5. The fourth-order valence-electron chi connectivity index (χ4n) is 2.78. The molecule has 0 fully saturated rings. The number of carbonyl (C=O) groups is 1. The van der Waals surface area contributed by atoms with Crippen LogP contribution >= 0.6 is 0 Å². The molecular weight excluding hydrogens is 301 g/mol. The number of hydrogen-bond donors (Lipinski definition) is 1. The van der Waals surface area contributed by atoms with Gasteiger partial charge < -0.3 is 5.32 Å². The van der Waals surface area contributed by atoms with Gasteiger partial charge in [0.15, 0.2) is 0 Å². The van der Waals surface area contributed by atoms with Crippen molar-refractivity contribution >= 4 is 5.91 Å². The average Bonchev–Trinajstić information content (AvgIpc) is 2.61. The Labute approximate surface area is 141 Å². The van der Waals surface area contributed by atoms with Gasteiger partial charge in [-0.05, 0) is 22.8 Å². The molecule has 1 atom stereocenters. The van der Waals surface area contributed by atoms with E-state index in [0.717, 1.165) is 16.7 Å². The van der Waals surface area contributed by atoms with Crippen molar-refractivity contribution in [2.45, 2.75) is 12.8 Å². The van der Waals surface area contributed by atoms with E-state index < -0.39 is 0 Å².